The van der Waals surface area contributed by atoms with Gasteiger partial charge in [-0.05, 0) is 33.8 Å². The maximum Gasteiger partial charge on any atom is 0.256 e. The summed E-state index contributed by atoms with van der Waals surface area (Å²) in [5.74, 6) is 0.244. The van der Waals surface area contributed by atoms with Crippen LogP contribution in [0.15, 0.2) is 12.3 Å². The van der Waals surface area contributed by atoms with Gasteiger partial charge in [0.1, 0.15) is 0 Å². The third-order valence-electron chi connectivity index (χ3n) is 4.61. The summed E-state index contributed by atoms with van der Waals surface area (Å²) in [5, 5.41) is 4.64. The van der Waals surface area contributed by atoms with Gasteiger partial charge < -0.3 is 14.6 Å². The third kappa shape index (κ3) is 3.11. The molecule has 130 valence electrons. The van der Waals surface area contributed by atoms with Crippen molar-refractivity contribution in [3.8, 4) is 0 Å². The van der Waals surface area contributed by atoms with Gasteiger partial charge in [-0.15, -0.1) is 0 Å². The lowest BCUT2D eigenvalue weighted by atomic mass is 9.95. The van der Waals surface area contributed by atoms with Gasteiger partial charge in [-0.1, -0.05) is 0 Å². The molecule has 1 aliphatic rings. The Balaban J connectivity index is 1.88. The molecule has 1 unspecified atom stereocenters. The van der Waals surface area contributed by atoms with E-state index in [1.54, 1.807) is 0 Å². The van der Waals surface area contributed by atoms with Gasteiger partial charge >= 0.3 is 0 Å². The summed E-state index contributed by atoms with van der Waals surface area (Å²) < 4.78 is 7.60. The van der Waals surface area contributed by atoms with Gasteiger partial charge in [0.15, 0.2) is 0 Å². The fourth-order valence-electron chi connectivity index (χ4n) is 3.39. The number of H-pyrrole nitrogens is 1. The second-order valence-electron chi connectivity index (χ2n) is 6.42. The molecule has 1 aliphatic heterocycles. The van der Waals surface area contributed by atoms with E-state index in [0.717, 1.165) is 29.2 Å². The van der Waals surface area contributed by atoms with E-state index < -0.39 is 0 Å². The van der Waals surface area contributed by atoms with E-state index in [4.69, 9.17) is 4.74 Å². The quantitative estimate of drug-likeness (QED) is 0.916. The van der Waals surface area contributed by atoms with Crippen molar-refractivity contribution in [3.05, 3.63) is 40.5 Å². The highest BCUT2D eigenvalue weighted by Crippen LogP contribution is 2.29. The number of amides is 1. The zero-order valence-electron chi connectivity index (χ0n) is 14.9. The lowest BCUT2D eigenvalue weighted by molar-refractivity contribution is 0.0651. The molecule has 1 atom stereocenters. The van der Waals surface area contributed by atoms with Crippen LogP contribution in [0.3, 0.4) is 0 Å². The monoisotopic (exact) mass is 330 g/mol. The van der Waals surface area contributed by atoms with Gasteiger partial charge in [-0.2, -0.15) is 5.10 Å². The average molecular weight is 330 g/mol. The number of aryl methyl sites for hydroxylation is 3. The summed E-state index contributed by atoms with van der Waals surface area (Å²) in [4.78, 5) is 18.1. The van der Waals surface area contributed by atoms with Crippen molar-refractivity contribution in [2.45, 2.75) is 46.7 Å². The Morgan fingerprint density at radius 1 is 1.42 bits per heavy atom. The molecule has 0 aliphatic carbocycles. The number of hydrogen-bond acceptors (Lipinski definition) is 3. The van der Waals surface area contributed by atoms with Crippen LogP contribution in [0.2, 0.25) is 0 Å². The zero-order chi connectivity index (χ0) is 17.3. The van der Waals surface area contributed by atoms with Crippen LogP contribution in [-0.4, -0.2) is 45.3 Å². The van der Waals surface area contributed by atoms with Crippen molar-refractivity contribution in [1.29, 1.82) is 0 Å². The summed E-state index contributed by atoms with van der Waals surface area (Å²) >= 11 is 0. The molecule has 0 saturated heterocycles. The van der Waals surface area contributed by atoms with E-state index in [0.29, 0.717) is 26.3 Å². The first-order valence-electron chi connectivity index (χ1n) is 8.62. The fourth-order valence-corrected chi connectivity index (χ4v) is 3.39. The number of nitrogens with one attached hydrogen (secondary N) is 1. The Kier molecular flexibility index (Phi) is 4.76. The van der Waals surface area contributed by atoms with Crippen LogP contribution < -0.4 is 0 Å². The van der Waals surface area contributed by atoms with Crippen molar-refractivity contribution in [2.75, 3.05) is 19.8 Å². The highest BCUT2D eigenvalue weighted by Gasteiger charge is 2.32. The number of rotatable bonds is 5. The number of aromatic nitrogens is 3. The lowest BCUT2D eigenvalue weighted by Gasteiger charge is -2.32. The molecular formula is C18H26N4O2. The number of fused-ring (bicyclic) bond motifs is 1. The van der Waals surface area contributed by atoms with Crippen LogP contribution in [0, 0.1) is 13.8 Å². The molecule has 1 N–H and O–H groups in total. The zero-order valence-corrected chi connectivity index (χ0v) is 14.9. The smallest absolute Gasteiger partial charge is 0.256 e. The van der Waals surface area contributed by atoms with Crippen LogP contribution in [0.1, 0.15) is 52.8 Å². The van der Waals surface area contributed by atoms with Crippen molar-refractivity contribution in [3.63, 3.8) is 0 Å². The van der Waals surface area contributed by atoms with E-state index in [2.05, 4.69) is 23.2 Å². The minimum Gasteiger partial charge on any atom is -0.381 e. The van der Waals surface area contributed by atoms with Crippen molar-refractivity contribution in [1.82, 2.24) is 19.7 Å². The minimum absolute atomic E-state index is 0.0649. The van der Waals surface area contributed by atoms with E-state index >= 15 is 0 Å². The molecule has 24 heavy (non-hydrogen) atoms. The topological polar surface area (TPSA) is 63.1 Å². The van der Waals surface area contributed by atoms with E-state index in [9.17, 15) is 4.79 Å². The van der Waals surface area contributed by atoms with Gasteiger partial charge in [0.25, 0.3) is 5.91 Å². The summed E-state index contributed by atoms with van der Waals surface area (Å²) in [6, 6.07) is 1.93. The van der Waals surface area contributed by atoms with Crippen LogP contribution in [0.4, 0.5) is 0 Å². The number of aromatic amines is 1. The Labute approximate surface area is 142 Å². The Morgan fingerprint density at radius 3 is 2.83 bits per heavy atom. The third-order valence-corrected chi connectivity index (χ3v) is 4.61. The van der Waals surface area contributed by atoms with Crippen LogP contribution in [0.5, 0.6) is 0 Å². The molecule has 3 rings (SSSR count). The van der Waals surface area contributed by atoms with Gasteiger partial charge in [0, 0.05) is 48.8 Å². The van der Waals surface area contributed by atoms with Crippen molar-refractivity contribution >= 4 is 5.91 Å². The maximum atomic E-state index is 13.0. The second-order valence-corrected chi connectivity index (χ2v) is 6.42. The summed E-state index contributed by atoms with van der Waals surface area (Å²) in [5.41, 5.74) is 4.89. The Bertz CT molecular complexity index is 731. The first kappa shape index (κ1) is 16.8. The average Bonchev–Trinajstić information content (AvgIpc) is 3.14. The second kappa shape index (κ2) is 6.81. The lowest BCUT2D eigenvalue weighted by Crippen LogP contribution is -2.39. The van der Waals surface area contributed by atoms with Crippen molar-refractivity contribution in [2.24, 2.45) is 0 Å². The normalized spacial score (nSPS) is 17.2. The molecule has 0 aromatic carbocycles. The molecule has 2 aromatic heterocycles. The molecule has 1 amide bonds. The van der Waals surface area contributed by atoms with Crippen LogP contribution in [-0.2, 0) is 17.8 Å². The van der Waals surface area contributed by atoms with E-state index in [1.807, 2.05) is 36.4 Å². The molecular weight excluding hydrogens is 304 g/mol. The number of carbonyl (C=O) groups excluding carboxylic acids is 1. The fraction of sp³-hybridized carbons (Fsp3) is 0.556. The summed E-state index contributed by atoms with van der Waals surface area (Å²) in [6.07, 6.45) is 2.10. The van der Waals surface area contributed by atoms with Gasteiger partial charge in [0.2, 0.25) is 0 Å². The minimum atomic E-state index is 0.0649. The predicted molar refractivity (Wildman–Crippen MR) is 92.1 cm³/mol. The summed E-state index contributed by atoms with van der Waals surface area (Å²) in [6.45, 7) is 11.3. The highest BCUT2D eigenvalue weighted by molar-refractivity contribution is 5.95. The largest absolute Gasteiger partial charge is 0.381 e. The Hall–Kier alpha value is -2.08. The molecule has 3 heterocycles. The molecule has 0 spiro atoms. The Morgan fingerprint density at radius 2 is 2.21 bits per heavy atom. The van der Waals surface area contributed by atoms with Gasteiger partial charge in [0.05, 0.1) is 24.4 Å². The highest BCUT2D eigenvalue weighted by atomic mass is 16.5. The number of carbonyl (C=O) groups is 1. The maximum absolute atomic E-state index is 13.0. The number of ether oxygens (including phenoxy) is 1. The molecule has 0 fully saturated rings. The van der Waals surface area contributed by atoms with Gasteiger partial charge in [-0.25, -0.2) is 0 Å². The molecule has 0 saturated carbocycles. The van der Waals surface area contributed by atoms with E-state index in [1.165, 1.54) is 5.56 Å². The van der Waals surface area contributed by atoms with Crippen LogP contribution in [0.25, 0.3) is 0 Å². The first-order chi connectivity index (χ1) is 11.5. The van der Waals surface area contributed by atoms with Crippen molar-refractivity contribution < 1.29 is 9.53 Å². The number of hydrogen-bond donors (Lipinski definition) is 1. The molecule has 2 aromatic rings. The predicted octanol–water partition coefficient (Wildman–Crippen LogP) is 2.62. The molecule has 6 heteroatoms. The molecule has 0 radical (unpaired) electrons. The van der Waals surface area contributed by atoms with E-state index in [-0.39, 0.29) is 11.8 Å². The molecule has 0 bridgehead atoms. The SMILES string of the molecule is CCOCC1CN(C(=O)c2cc(C)[nH]c2C)Cc2nn(CC)cc21. The summed E-state index contributed by atoms with van der Waals surface area (Å²) in [7, 11) is 0. The first-order valence-corrected chi connectivity index (χ1v) is 8.62. The standard InChI is InChI=1S/C18H26N4O2/c1-5-22-9-16-14(11-24-6-2)8-21(10-17(16)20-22)18(23)15-7-12(3)19-13(15)4/h7,9,14,19H,5-6,8,10-11H2,1-4H3. The molecule has 6 nitrogen and oxygen atoms in total. The van der Waals surface area contributed by atoms with Gasteiger partial charge in [-0.3, -0.25) is 9.48 Å². The van der Waals surface area contributed by atoms with Crippen LogP contribution >= 0.6 is 0 Å². The number of nitrogens with zero attached hydrogens (tertiary/aromatic N) is 3.